The average Bonchev–Trinajstić information content (AvgIpc) is 3.71. The van der Waals surface area contributed by atoms with Crippen molar-refractivity contribution >= 4 is 49.6 Å². The predicted molar refractivity (Wildman–Crippen MR) is 146 cm³/mol. The minimum Gasteiger partial charge on any atom is -0.397 e. The first-order chi connectivity index (χ1) is 20.8. The zero-order chi connectivity index (χ0) is 31.4. The van der Waals surface area contributed by atoms with Gasteiger partial charge < -0.3 is 40.7 Å². The van der Waals surface area contributed by atoms with Crippen LogP contribution < -0.4 is 17.0 Å². The van der Waals surface area contributed by atoms with Gasteiger partial charge in [-0.3, -0.25) is 32.5 Å². The van der Waals surface area contributed by atoms with Gasteiger partial charge in [-0.25, -0.2) is 24.1 Å². The number of imidazole rings is 2. The summed E-state index contributed by atoms with van der Waals surface area (Å²) in [6.45, 7) is -1.06. The van der Waals surface area contributed by atoms with Crippen LogP contribution in [0.4, 0.5) is 11.6 Å². The lowest BCUT2D eigenvalue weighted by atomic mass is 10.2. The van der Waals surface area contributed by atoms with Crippen molar-refractivity contribution in [1.29, 1.82) is 0 Å². The van der Waals surface area contributed by atoms with E-state index in [-0.39, 0.29) is 30.0 Å². The Labute approximate surface area is 245 Å². The van der Waals surface area contributed by atoms with Gasteiger partial charge in [-0.2, -0.15) is 4.98 Å². The van der Waals surface area contributed by atoms with Crippen molar-refractivity contribution in [1.82, 2.24) is 34.1 Å². The van der Waals surface area contributed by atoms with Crippen LogP contribution in [0.2, 0.25) is 0 Å². The topological polar surface area (TPSA) is 308 Å². The molecule has 23 heteroatoms. The number of nitrogen functional groups attached to an aromatic ring is 2. The molecule has 0 bridgehead atoms. The van der Waals surface area contributed by atoms with E-state index < -0.39 is 71.3 Å². The van der Waals surface area contributed by atoms with Gasteiger partial charge >= 0.3 is 15.6 Å². The number of rotatable bonds is 10. The number of pyridine rings is 1. The van der Waals surface area contributed by atoms with Crippen LogP contribution in [0.1, 0.15) is 25.3 Å². The normalized spacial score (nSPS) is 27.4. The van der Waals surface area contributed by atoms with Crippen molar-refractivity contribution in [2.24, 2.45) is 0 Å². The van der Waals surface area contributed by atoms with Crippen molar-refractivity contribution in [2.75, 3.05) is 24.7 Å². The molecule has 4 aromatic heterocycles. The van der Waals surface area contributed by atoms with Gasteiger partial charge in [-0.05, 0) is 6.07 Å². The van der Waals surface area contributed by atoms with Crippen LogP contribution in [0.25, 0.3) is 22.3 Å². The molecule has 0 amide bonds. The number of aromatic amines is 1. The monoisotopic (exact) mass is 659 g/mol. The second kappa shape index (κ2) is 11.5. The van der Waals surface area contributed by atoms with Crippen molar-refractivity contribution in [3.8, 4) is 0 Å². The molecular weight excluding hydrogens is 632 g/mol. The molecule has 7 atom stereocenters. The maximum atomic E-state index is 13.1. The number of phosphoric acid groups is 2. The first-order valence-electron chi connectivity index (χ1n) is 12.9. The highest BCUT2D eigenvalue weighted by atomic mass is 31.2. The highest BCUT2D eigenvalue weighted by molar-refractivity contribution is 7.47. The number of nitrogens with one attached hydrogen (secondary N) is 1. The fourth-order valence-electron chi connectivity index (χ4n) is 5.08. The molecule has 2 unspecified atom stereocenters. The van der Waals surface area contributed by atoms with Crippen molar-refractivity contribution in [3.05, 3.63) is 35.3 Å². The lowest BCUT2D eigenvalue weighted by molar-refractivity contribution is -0.0587. The summed E-state index contributed by atoms with van der Waals surface area (Å²) >= 11 is 0. The number of ether oxygens (including phenoxy) is 2. The number of H-pyrrole nitrogens is 1. The molecule has 2 saturated heterocycles. The van der Waals surface area contributed by atoms with E-state index in [1.165, 1.54) is 28.0 Å². The fourth-order valence-corrected chi connectivity index (χ4v) is 6.39. The summed E-state index contributed by atoms with van der Waals surface area (Å²) in [6, 6.07) is 1.58. The van der Waals surface area contributed by atoms with Gasteiger partial charge in [-0.15, -0.1) is 0 Å². The van der Waals surface area contributed by atoms with E-state index in [2.05, 4.69) is 29.4 Å². The number of nitrogens with two attached hydrogens (primary N) is 2. The Morgan fingerprint density at radius 2 is 1.61 bits per heavy atom. The molecule has 6 rings (SSSR count). The van der Waals surface area contributed by atoms with Gasteiger partial charge in [0.25, 0.3) is 5.56 Å². The Morgan fingerprint density at radius 3 is 2.36 bits per heavy atom. The van der Waals surface area contributed by atoms with E-state index in [1.54, 1.807) is 6.07 Å². The van der Waals surface area contributed by atoms with Gasteiger partial charge in [0, 0.05) is 19.0 Å². The highest BCUT2D eigenvalue weighted by Gasteiger charge is 2.44. The first-order valence-corrected chi connectivity index (χ1v) is 15.9. The fraction of sp³-hybridized carbons (Fsp3) is 0.476. The molecule has 238 valence electrons. The summed E-state index contributed by atoms with van der Waals surface area (Å²) in [7, 11) is -9.74. The Balaban J connectivity index is 1.16. The number of fused-ring (bicyclic) bond motifs is 2. The summed E-state index contributed by atoms with van der Waals surface area (Å²) in [6.07, 6.45) is -2.49. The number of nitrogens with zero attached hydrogens (tertiary/aromatic N) is 6. The van der Waals surface area contributed by atoms with Crippen LogP contribution in [-0.4, -0.2) is 91.5 Å². The summed E-state index contributed by atoms with van der Waals surface area (Å²) in [5.74, 6) is -0.239. The number of anilines is 2. The second-order valence-electron chi connectivity index (χ2n) is 10.0. The molecule has 2 aliphatic rings. The molecule has 0 radical (unpaired) electrons. The number of hydrogen-bond acceptors (Lipinski definition) is 15. The highest BCUT2D eigenvalue weighted by Crippen LogP contribution is 2.50. The van der Waals surface area contributed by atoms with E-state index in [0.717, 1.165) is 0 Å². The summed E-state index contributed by atoms with van der Waals surface area (Å²) < 4.78 is 53.8. The molecule has 0 spiro atoms. The van der Waals surface area contributed by atoms with Gasteiger partial charge in [0.05, 0.1) is 43.8 Å². The van der Waals surface area contributed by atoms with Crippen LogP contribution in [0.5, 0.6) is 0 Å². The van der Waals surface area contributed by atoms with Gasteiger partial charge in [0.15, 0.2) is 29.3 Å². The number of aromatic nitrogens is 7. The van der Waals surface area contributed by atoms with Gasteiger partial charge in [0.1, 0.15) is 17.7 Å². The number of aliphatic hydroxyl groups is 1. The third kappa shape index (κ3) is 6.25. The molecule has 6 heterocycles. The van der Waals surface area contributed by atoms with Gasteiger partial charge in [-0.1, -0.05) is 0 Å². The molecule has 0 aliphatic carbocycles. The molecule has 9 N–H and O–H groups in total. The second-order valence-corrected chi connectivity index (χ2v) is 12.7. The smallest absolute Gasteiger partial charge is 0.397 e. The van der Waals surface area contributed by atoms with Crippen LogP contribution in [0, 0.1) is 0 Å². The van der Waals surface area contributed by atoms with E-state index in [4.69, 9.17) is 39.8 Å². The Kier molecular flexibility index (Phi) is 8.05. The maximum absolute atomic E-state index is 13.1. The first kappa shape index (κ1) is 30.7. The molecular formula is C21H27N9O12P2. The third-order valence-electron chi connectivity index (χ3n) is 6.92. The molecule has 2 aliphatic heterocycles. The summed E-state index contributed by atoms with van der Waals surface area (Å²) in [4.78, 5) is 59.8. The number of hydrogen-bond donors (Lipinski definition) is 7. The van der Waals surface area contributed by atoms with Crippen LogP contribution in [-0.2, 0) is 32.2 Å². The lowest BCUT2D eigenvalue weighted by Gasteiger charge is -2.23. The zero-order valence-corrected chi connectivity index (χ0v) is 24.2. The molecule has 0 saturated carbocycles. The minimum absolute atomic E-state index is 0.0340. The zero-order valence-electron chi connectivity index (χ0n) is 22.4. The largest absolute Gasteiger partial charge is 0.472 e. The Bertz CT molecular complexity index is 1840. The number of phosphoric ester groups is 2. The average molecular weight is 659 g/mol. The third-order valence-corrected chi connectivity index (χ3v) is 8.42. The van der Waals surface area contributed by atoms with E-state index in [1.807, 2.05) is 0 Å². The van der Waals surface area contributed by atoms with E-state index in [9.17, 15) is 23.9 Å². The van der Waals surface area contributed by atoms with Crippen molar-refractivity contribution < 1.29 is 52.0 Å². The molecule has 0 aromatic carbocycles. The maximum Gasteiger partial charge on any atom is 0.472 e. The van der Waals surface area contributed by atoms with E-state index >= 15 is 0 Å². The SMILES string of the molecule is Nc1nc2c(ncn2[C@@H]2O[C@H](COP(=O)(O)O)CC2OP(=O)(O)OC[C@@H]2C[C@@H](O)[C@H](n3cnc4c(N)ccnc43)O2)c(=O)[nH]1. The molecule has 2 fully saturated rings. The van der Waals surface area contributed by atoms with E-state index in [0.29, 0.717) is 16.9 Å². The van der Waals surface area contributed by atoms with Crippen LogP contribution >= 0.6 is 15.6 Å². The van der Waals surface area contributed by atoms with Crippen molar-refractivity contribution in [3.63, 3.8) is 0 Å². The number of aliphatic hydroxyl groups excluding tert-OH is 1. The summed E-state index contributed by atoms with van der Waals surface area (Å²) in [5.41, 5.74) is 12.0. The molecule has 21 nitrogen and oxygen atoms in total. The predicted octanol–water partition coefficient (Wildman–Crippen LogP) is -0.724. The Morgan fingerprint density at radius 1 is 0.955 bits per heavy atom. The van der Waals surface area contributed by atoms with Crippen molar-refractivity contribution in [2.45, 2.75) is 49.7 Å². The van der Waals surface area contributed by atoms with Crippen LogP contribution in [0.3, 0.4) is 0 Å². The lowest BCUT2D eigenvalue weighted by Crippen LogP contribution is -2.24. The molecule has 4 aromatic rings. The minimum atomic E-state index is -4.87. The molecule has 44 heavy (non-hydrogen) atoms. The quantitative estimate of drug-likeness (QED) is 0.103. The standard InChI is InChI=1S/C21H27N9O12P2/c22-11-1-2-24-16-14(11)25-7-29(16)19-12(31)3-9(40-19)6-39-44(36,37)42-13-4-10(5-38-43(33,34)35)41-20(13)30-8-26-15-17(30)27-21(23)28-18(15)32/h1-2,7-10,12-13,19-20,31H,3-6H2,(H2,22,24)(H,36,37)(H2,33,34,35)(H3,23,27,28,32)/t9-,10-,12+,13?,19+,20+/m0/s1. The van der Waals surface area contributed by atoms with Crippen LogP contribution in [0.15, 0.2) is 29.7 Å². The Hall–Kier alpha value is -3.33. The summed E-state index contributed by atoms with van der Waals surface area (Å²) in [5, 5.41) is 10.6. The van der Waals surface area contributed by atoms with Gasteiger partial charge in [0.2, 0.25) is 5.95 Å².